The number of rotatable bonds is 2. The number of carbonyl (C=O) groups excluding carboxylic acids is 2. The number of hydrogen-bond donors (Lipinski definition) is 0. The maximum absolute atomic E-state index is 13.0. The smallest absolute Gasteiger partial charge is 0.253 e. The van der Waals surface area contributed by atoms with Gasteiger partial charge in [-0.2, -0.15) is 0 Å². The van der Waals surface area contributed by atoms with Crippen LogP contribution in [0.1, 0.15) is 36.0 Å². The third-order valence-electron chi connectivity index (χ3n) is 4.57. The van der Waals surface area contributed by atoms with Gasteiger partial charge in [0.15, 0.2) is 0 Å². The molecule has 1 atom stereocenters. The summed E-state index contributed by atoms with van der Waals surface area (Å²) in [6.07, 6.45) is 3.85. The Kier molecular flexibility index (Phi) is 4.41. The van der Waals surface area contributed by atoms with E-state index < -0.39 is 0 Å². The highest BCUT2D eigenvalue weighted by Gasteiger charge is 2.32. The van der Waals surface area contributed by atoms with E-state index >= 15 is 0 Å². The van der Waals surface area contributed by atoms with Crippen molar-refractivity contribution in [2.75, 3.05) is 26.2 Å². The summed E-state index contributed by atoms with van der Waals surface area (Å²) in [5.41, 5.74) is 0.482. The summed E-state index contributed by atoms with van der Waals surface area (Å²) >= 11 is 0. The SMILES string of the molecule is O=C(c1ccc(F)cc1)N1CCC[C@H](C(=O)N2CCCC2)C1. The normalized spacial score (nSPS) is 22.0. The predicted molar refractivity (Wildman–Crippen MR) is 80.8 cm³/mol. The topological polar surface area (TPSA) is 40.6 Å². The zero-order valence-corrected chi connectivity index (χ0v) is 12.6. The van der Waals surface area contributed by atoms with Crippen LogP contribution in [0.15, 0.2) is 24.3 Å². The van der Waals surface area contributed by atoms with Gasteiger partial charge in [-0.1, -0.05) is 0 Å². The summed E-state index contributed by atoms with van der Waals surface area (Å²) in [7, 11) is 0. The summed E-state index contributed by atoms with van der Waals surface area (Å²) < 4.78 is 13.0. The standard InChI is InChI=1S/C17H21FN2O2/c18-15-7-5-13(6-8-15)16(21)20-11-3-4-14(12-20)17(22)19-9-1-2-10-19/h5-8,14H,1-4,9-12H2/t14-/m0/s1. The fourth-order valence-corrected chi connectivity index (χ4v) is 3.33. The molecule has 2 heterocycles. The van der Waals surface area contributed by atoms with Crippen LogP contribution in [0.25, 0.3) is 0 Å². The van der Waals surface area contributed by atoms with Gasteiger partial charge in [-0.05, 0) is 49.9 Å². The highest BCUT2D eigenvalue weighted by atomic mass is 19.1. The van der Waals surface area contributed by atoms with Crippen LogP contribution in [0, 0.1) is 11.7 Å². The van der Waals surface area contributed by atoms with Crippen LogP contribution in [-0.2, 0) is 4.79 Å². The van der Waals surface area contributed by atoms with Crippen molar-refractivity contribution in [3.05, 3.63) is 35.6 Å². The summed E-state index contributed by atoms with van der Waals surface area (Å²) in [5, 5.41) is 0. The van der Waals surface area contributed by atoms with Gasteiger partial charge >= 0.3 is 0 Å². The van der Waals surface area contributed by atoms with Gasteiger partial charge in [-0.3, -0.25) is 9.59 Å². The molecule has 0 N–H and O–H groups in total. The van der Waals surface area contributed by atoms with Crippen LogP contribution in [-0.4, -0.2) is 47.8 Å². The Morgan fingerprint density at radius 1 is 0.955 bits per heavy atom. The van der Waals surface area contributed by atoms with E-state index in [1.54, 1.807) is 4.90 Å². The first-order chi connectivity index (χ1) is 10.6. The molecule has 0 bridgehead atoms. The largest absolute Gasteiger partial charge is 0.342 e. The lowest BCUT2D eigenvalue weighted by atomic mass is 9.96. The van der Waals surface area contributed by atoms with Gasteiger partial charge in [0.25, 0.3) is 5.91 Å². The van der Waals surface area contributed by atoms with Gasteiger partial charge in [0.1, 0.15) is 5.82 Å². The van der Waals surface area contributed by atoms with E-state index in [2.05, 4.69) is 0 Å². The number of nitrogens with zero attached hydrogens (tertiary/aromatic N) is 2. The molecule has 1 aromatic rings. The molecule has 4 nitrogen and oxygen atoms in total. The molecule has 5 heteroatoms. The molecule has 118 valence electrons. The molecule has 2 saturated heterocycles. The van der Waals surface area contributed by atoms with Gasteiger partial charge in [0.05, 0.1) is 5.92 Å². The molecule has 1 aromatic carbocycles. The first-order valence-corrected chi connectivity index (χ1v) is 7.99. The molecule has 0 saturated carbocycles. The summed E-state index contributed by atoms with van der Waals surface area (Å²) in [4.78, 5) is 28.6. The maximum atomic E-state index is 13.0. The fourth-order valence-electron chi connectivity index (χ4n) is 3.33. The van der Waals surface area contributed by atoms with Gasteiger partial charge in [0.2, 0.25) is 5.91 Å². The van der Waals surface area contributed by atoms with Crippen LogP contribution in [0.2, 0.25) is 0 Å². The molecular weight excluding hydrogens is 283 g/mol. The van der Waals surface area contributed by atoms with Crippen molar-refractivity contribution in [2.24, 2.45) is 5.92 Å². The highest BCUT2D eigenvalue weighted by Crippen LogP contribution is 2.22. The van der Waals surface area contributed by atoms with Crippen molar-refractivity contribution in [3.63, 3.8) is 0 Å². The maximum Gasteiger partial charge on any atom is 0.253 e. The van der Waals surface area contributed by atoms with Gasteiger partial charge < -0.3 is 9.80 Å². The Morgan fingerprint density at radius 3 is 2.27 bits per heavy atom. The van der Waals surface area contributed by atoms with E-state index in [1.807, 2.05) is 4.90 Å². The molecule has 0 aliphatic carbocycles. The third-order valence-corrected chi connectivity index (χ3v) is 4.57. The second-order valence-electron chi connectivity index (χ2n) is 6.13. The van der Waals surface area contributed by atoms with E-state index in [-0.39, 0.29) is 23.5 Å². The quantitative estimate of drug-likeness (QED) is 0.841. The van der Waals surface area contributed by atoms with E-state index in [1.165, 1.54) is 24.3 Å². The summed E-state index contributed by atoms with van der Waals surface area (Å²) in [6, 6.07) is 5.60. The molecule has 2 amide bonds. The minimum absolute atomic E-state index is 0.0868. The summed E-state index contributed by atoms with van der Waals surface area (Å²) in [5.74, 6) is -0.360. The Hall–Kier alpha value is -1.91. The lowest BCUT2D eigenvalue weighted by Gasteiger charge is -2.34. The Balaban J connectivity index is 1.65. The molecule has 0 unspecified atom stereocenters. The van der Waals surface area contributed by atoms with Crippen molar-refractivity contribution in [1.82, 2.24) is 9.80 Å². The molecule has 2 fully saturated rings. The second-order valence-corrected chi connectivity index (χ2v) is 6.13. The predicted octanol–water partition coefficient (Wildman–Crippen LogP) is 2.30. The lowest BCUT2D eigenvalue weighted by Crippen LogP contribution is -2.46. The number of carbonyl (C=O) groups is 2. The van der Waals surface area contributed by atoms with Crippen LogP contribution >= 0.6 is 0 Å². The number of hydrogen-bond acceptors (Lipinski definition) is 2. The van der Waals surface area contributed by atoms with Crippen molar-refractivity contribution in [2.45, 2.75) is 25.7 Å². The first-order valence-electron chi connectivity index (χ1n) is 7.99. The average molecular weight is 304 g/mol. The Morgan fingerprint density at radius 2 is 1.59 bits per heavy atom. The van der Waals surface area contributed by atoms with E-state index in [9.17, 15) is 14.0 Å². The fraction of sp³-hybridized carbons (Fsp3) is 0.529. The van der Waals surface area contributed by atoms with E-state index in [0.717, 1.165) is 38.8 Å². The molecule has 2 aliphatic heterocycles. The minimum atomic E-state index is -0.350. The first kappa shape index (κ1) is 15.0. The molecular formula is C17H21FN2O2. The molecule has 3 rings (SSSR count). The molecule has 0 radical (unpaired) electrons. The number of amides is 2. The van der Waals surface area contributed by atoms with Gasteiger partial charge in [-0.25, -0.2) is 4.39 Å². The average Bonchev–Trinajstić information content (AvgIpc) is 3.09. The highest BCUT2D eigenvalue weighted by molar-refractivity contribution is 5.94. The third kappa shape index (κ3) is 3.13. The van der Waals surface area contributed by atoms with Crippen LogP contribution < -0.4 is 0 Å². The van der Waals surface area contributed by atoms with Crippen molar-refractivity contribution in [3.8, 4) is 0 Å². The Labute approximate surface area is 129 Å². The number of benzene rings is 1. The summed E-state index contributed by atoms with van der Waals surface area (Å²) in [6.45, 7) is 2.84. The van der Waals surface area contributed by atoms with Crippen LogP contribution in [0.4, 0.5) is 4.39 Å². The zero-order valence-electron chi connectivity index (χ0n) is 12.6. The Bertz CT molecular complexity index is 552. The molecule has 2 aliphatic rings. The van der Waals surface area contributed by atoms with Crippen molar-refractivity contribution >= 4 is 11.8 Å². The molecule has 0 spiro atoms. The number of halogens is 1. The molecule has 0 aromatic heterocycles. The van der Waals surface area contributed by atoms with Gasteiger partial charge in [-0.15, -0.1) is 0 Å². The van der Waals surface area contributed by atoms with Gasteiger partial charge in [0, 0.05) is 31.7 Å². The van der Waals surface area contributed by atoms with E-state index in [4.69, 9.17) is 0 Å². The lowest BCUT2D eigenvalue weighted by molar-refractivity contribution is -0.135. The van der Waals surface area contributed by atoms with Crippen LogP contribution in [0.3, 0.4) is 0 Å². The van der Waals surface area contributed by atoms with E-state index in [0.29, 0.717) is 18.7 Å². The number of likely N-dealkylation sites (tertiary alicyclic amines) is 2. The van der Waals surface area contributed by atoms with Crippen molar-refractivity contribution < 1.29 is 14.0 Å². The monoisotopic (exact) mass is 304 g/mol. The van der Waals surface area contributed by atoms with Crippen molar-refractivity contribution in [1.29, 1.82) is 0 Å². The molecule has 22 heavy (non-hydrogen) atoms. The second kappa shape index (κ2) is 6.46. The minimum Gasteiger partial charge on any atom is -0.342 e. The van der Waals surface area contributed by atoms with Crippen LogP contribution in [0.5, 0.6) is 0 Å². The number of piperidine rings is 1. The zero-order chi connectivity index (χ0) is 15.5.